The van der Waals surface area contributed by atoms with E-state index in [0.29, 0.717) is 19.0 Å². The molecular formula is C12H17N3O3S. The van der Waals surface area contributed by atoms with Crippen LogP contribution in [-0.4, -0.2) is 27.0 Å². The number of nitrogens with one attached hydrogen (secondary N) is 2. The van der Waals surface area contributed by atoms with Gasteiger partial charge >= 0.3 is 6.03 Å². The van der Waals surface area contributed by atoms with Crippen LogP contribution in [0.25, 0.3) is 0 Å². The van der Waals surface area contributed by atoms with Gasteiger partial charge in [-0.05, 0) is 37.0 Å². The van der Waals surface area contributed by atoms with Crippen molar-refractivity contribution >= 4 is 16.1 Å². The van der Waals surface area contributed by atoms with E-state index in [-0.39, 0.29) is 10.9 Å². The lowest BCUT2D eigenvalue weighted by atomic mass is 10.1. The normalized spacial score (nSPS) is 15.0. The third-order valence-electron chi connectivity index (χ3n) is 2.86. The van der Waals surface area contributed by atoms with E-state index in [4.69, 9.17) is 5.14 Å². The summed E-state index contributed by atoms with van der Waals surface area (Å²) in [6.45, 7) is 0.507. The van der Waals surface area contributed by atoms with Crippen molar-refractivity contribution in [1.29, 1.82) is 0 Å². The number of urea groups is 1. The van der Waals surface area contributed by atoms with Gasteiger partial charge in [-0.3, -0.25) is 0 Å². The third kappa shape index (κ3) is 4.53. The van der Waals surface area contributed by atoms with Crippen molar-refractivity contribution in [3.63, 3.8) is 0 Å². The van der Waals surface area contributed by atoms with Crippen molar-refractivity contribution in [1.82, 2.24) is 10.6 Å². The fourth-order valence-electron chi connectivity index (χ4n) is 1.63. The third-order valence-corrected chi connectivity index (χ3v) is 3.79. The molecule has 7 heteroatoms. The van der Waals surface area contributed by atoms with Gasteiger partial charge < -0.3 is 10.6 Å². The minimum absolute atomic E-state index is 0.0932. The molecule has 1 aromatic carbocycles. The highest BCUT2D eigenvalue weighted by molar-refractivity contribution is 7.89. The molecule has 0 atom stereocenters. The van der Waals surface area contributed by atoms with E-state index < -0.39 is 10.0 Å². The molecule has 6 nitrogen and oxygen atoms in total. The number of primary sulfonamides is 1. The lowest BCUT2D eigenvalue weighted by Crippen LogP contribution is -2.37. The summed E-state index contributed by atoms with van der Waals surface area (Å²) in [6.07, 6.45) is 2.76. The summed E-state index contributed by atoms with van der Waals surface area (Å²) in [5.41, 5.74) is 0.944. The van der Waals surface area contributed by atoms with Gasteiger partial charge in [0.15, 0.2) is 0 Å². The van der Waals surface area contributed by atoms with Gasteiger partial charge in [0.25, 0.3) is 0 Å². The smallest absolute Gasteiger partial charge is 0.315 e. The predicted molar refractivity (Wildman–Crippen MR) is 71.1 cm³/mol. The van der Waals surface area contributed by atoms with Gasteiger partial charge in [-0.2, -0.15) is 0 Å². The van der Waals surface area contributed by atoms with Gasteiger partial charge in [-0.25, -0.2) is 18.4 Å². The van der Waals surface area contributed by atoms with Gasteiger partial charge in [0.1, 0.15) is 0 Å². The molecule has 0 aliphatic heterocycles. The second-order valence-electron chi connectivity index (χ2n) is 4.61. The first kappa shape index (κ1) is 13.8. The van der Waals surface area contributed by atoms with Crippen LogP contribution in [0.3, 0.4) is 0 Å². The minimum atomic E-state index is -3.64. The number of carbonyl (C=O) groups excluding carboxylic acids is 1. The molecule has 1 aliphatic rings. The summed E-state index contributed by atoms with van der Waals surface area (Å²) >= 11 is 0. The van der Waals surface area contributed by atoms with Crippen LogP contribution < -0.4 is 15.8 Å². The van der Waals surface area contributed by atoms with E-state index in [1.165, 1.54) is 12.1 Å². The molecule has 0 saturated heterocycles. The summed E-state index contributed by atoms with van der Waals surface area (Å²) in [6, 6.07) is 6.52. The standard InChI is InChI=1S/C12H17N3O3S/c13-19(17,18)11-5-1-9(2-6-11)7-8-14-12(16)15-10-3-4-10/h1-2,5-6,10H,3-4,7-8H2,(H2,13,17,18)(H2,14,15,16). The van der Waals surface area contributed by atoms with Crippen molar-refractivity contribution < 1.29 is 13.2 Å². The summed E-state index contributed by atoms with van der Waals surface area (Å²) < 4.78 is 22.1. The van der Waals surface area contributed by atoms with E-state index in [2.05, 4.69) is 10.6 Å². The van der Waals surface area contributed by atoms with Crippen molar-refractivity contribution in [2.75, 3.05) is 6.54 Å². The summed E-state index contributed by atoms with van der Waals surface area (Å²) in [7, 11) is -3.64. The van der Waals surface area contributed by atoms with E-state index >= 15 is 0 Å². The molecule has 0 heterocycles. The number of nitrogens with two attached hydrogens (primary N) is 1. The largest absolute Gasteiger partial charge is 0.338 e. The molecule has 1 fully saturated rings. The highest BCUT2D eigenvalue weighted by atomic mass is 32.2. The monoisotopic (exact) mass is 283 g/mol. The van der Waals surface area contributed by atoms with Gasteiger partial charge in [-0.15, -0.1) is 0 Å². The van der Waals surface area contributed by atoms with Crippen LogP contribution in [0.1, 0.15) is 18.4 Å². The first-order valence-electron chi connectivity index (χ1n) is 6.11. The van der Waals surface area contributed by atoms with E-state index in [0.717, 1.165) is 18.4 Å². The van der Waals surface area contributed by atoms with Crippen molar-refractivity contribution in [3.8, 4) is 0 Å². The number of benzene rings is 1. The zero-order valence-corrected chi connectivity index (χ0v) is 11.2. The molecule has 1 aromatic rings. The van der Waals surface area contributed by atoms with Crippen molar-refractivity contribution in [2.45, 2.75) is 30.2 Å². The zero-order chi connectivity index (χ0) is 13.9. The quantitative estimate of drug-likeness (QED) is 0.726. The van der Waals surface area contributed by atoms with E-state index in [1.54, 1.807) is 12.1 Å². The highest BCUT2D eigenvalue weighted by Gasteiger charge is 2.22. The van der Waals surface area contributed by atoms with Crippen molar-refractivity contribution in [3.05, 3.63) is 29.8 Å². The van der Waals surface area contributed by atoms with E-state index in [9.17, 15) is 13.2 Å². The van der Waals surface area contributed by atoms with Crippen LogP contribution in [0.2, 0.25) is 0 Å². The van der Waals surface area contributed by atoms with Crippen LogP contribution in [-0.2, 0) is 16.4 Å². The van der Waals surface area contributed by atoms with Crippen LogP contribution in [0, 0.1) is 0 Å². The van der Waals surface area contributed by atoms with Crippen molar-refractivity contribution in [2.24, 2.45) is 5.14 Å². The lowest BCUT2D eigenvalue weighted by Gasteiger charge is -2.07. The average Bonchev–Trinajstić information content (AvgIpc) is 3.12. The molecular weight excluding hydrogens is 266 g/mol. The number of amides is 2. The molecule has 1 saturated carbocycles. The molecule has 104 valence electrons. The Morgan fingerprint density at radius 3 is 2.42 bits per heavy atom. The fraction of sp³-hybridized carbons (Fsp3) is 0.417. The van der Waals surface area contributed by atoms with Crippen LogP contribution >= 0.6 is 0 Å². The average molecular weight is 283 g/mol. The maximum absolute atomic E-state index is 11.4. The van der Waals surface area contributed by atoms with Gasteiger partial charge in [-0.1, -0.05) is 12.1 Å². The lowest BCUT2D eigenvalue weighted by molar-refractivity contribution is 0.240. The maximum atomic E-state index is 11.4. The number of rotatable bonds is 5. The first-order chi connectivity index (χ1) is 8.95. The summed E-state index contributed by atoms with van der Waals surface area (Å²) in [4.78, 5) is 11.4. The molecule has 4 N–H and O–H groups in total. The van der Waals surface area contributed by atoms with Crippen LogP contribution in [0.4, 0.5) is 4.79 Å². The number of sulfonamides is 1. The molecule has 19 heavy (non-hydrogen) atoms. The molecule has 0 bridgehead atoms. The second kappa shape index (κ2) is 5.58. The predicted octanol–water partition coefficient (Wildman–Crippen LogP) is 0.338. The highest BCUT2D eigenvalue weighted by Crippen LogP contribution is 2.18. The van der Waals surface area contributed by atoms with Crippen LogP contribution in [0.15, 0.2) is 29.2 Å². The molecule has 0 aromatic heterocycles. The number of hydrogen-bond acceptors (Lipinski definition) is 3. The Hall–Kier alpha value is -1.60. The Morgan fingerprint density at radius 1 is 1.26 bits per heavy atom. The SMILES string of the molecule is NS(=O)(=O)c1ccc(CCNC(=O)NC2CC2)cc1. The van der Waals surface area contributed by atoms with Gasteiger partial charge in [0.05, 0.1) is 4.90 Å². The first-order valence-corrected chi connectivity index (χ1v) is 7.66. The Labute approximate surface area is 112 Å². The summed E-state index contributed by atoms with van der Waals surface area (Å²) in [5, 5.41) is 10.6. The molecule has 2 rings (SSSR count). The zero-order valence-electron chi connectivity index (χ0n) is 10.4. The Bertz CT molecular complexity index is 550. The molecule has 2 amide bonds. The number of hydrogen-bond donors (Lipinski definition) is 3. The topological polar surface area (TPSA) is 101 Å². The second-order valence-corrected chi connectivity index (χ2v) is 6.17. The number of carbonyl (C=O) groups is 1. The maximum Gasteiger partial charge on any atom is 0.315 e. The molecule has 1 aliphatic carbocycles. The van der Waals surface area contributed by atoms with Gasteiger partial charge in [0.2, 0.25) is 10.0 Å². The molecule has 0 radical (unpaired) electrons. The van der Waals surface area contributed by atoms with Gasteiger partial charge in [0, 0.05) is 12.6 Å². The van der Waals surface area contributed by atoms with E-state index in [1.807, 2.05) is 0 Å². The van der Waals surface area contributed by atoms with Crippen LogP contribution in [0.5, 0.6) is 0 Å². The molecule has 0 unspecified atom stereocenters. The Kier molecular flexibility index (Phi) is 4.06. The molecule has 0 spiro atoms. The Balaban J connectivity index is 1.78. The Morgan fingerprint density at radius 2 is 1.89 bits per heavy atom. The summed E-state index contributed by atoms with van der Waals surface area (Å²) in [5.74, 6) is 0. The minimum Gasteiger partial charge on any atom is -0.338 e. The fourth-order valence-corrected chi connectivity index (χ4v) is 2.15.